The Kier molecular flexibility index (Phi) is 4.81. The van der Waals surface area contributed by atoms with Gasteiger partial charge >= 0.3 is 5.97 Å². The van der Waals surface area contributed by atoms with Crippen LogP contribution in [0.25, 0.3) is 0 Å². The molecule has 1 rings (SSSR count). The van der Waals surface area contributed by atoms with E-state index in [0.29, 0.717) is 0 Å². The summed E-state index contributed by atoms with van der Waals surface area (Å²) in [6, 6.07) is 0.157. The number of nitrogens with zero attached hydrogens (tertiary/aromatic N) is 2. The van der Waals surface area contributed by atoms with Crippen LogP contribution in [0.1, 0.15) is 6.42 Å². The number of hydrogen-bond donors (Lipinski definition) is 3. The Bertz CT molecular complexity index is 468. The summed E-state index contributed by atoms with van der Waals surface area (Å²) in [5.74, 6) is -1.84. The molecule has 0 aromatic carbocycles. The quantitative estimate of drug-likeness (QED) is 0.639. The molecule has 1 heterocycles. The van der Waals surface area contributed by atoms with Crippen LogP contribution in [0.4, 0.5) is 5.95 Å². The summed E-state index contributed by atoms with van der Waals surface area (Å²) in [7, 11) is 1.38. The van der Waals surface area contributed by atoms with Gasteiger partial charge in [0.1, 0.15) is 5.15 Å². The first-order valence-electron chi connectivity index (χ1n) is 4.79. The molecule has 8 nitrogen and oxygen atoms in total. The zero-order valence-corrected chi connectivity index (χ0v) is 10.1. The summed E-state index contributed by atoms with van der Waals surface area (Å²) in [4.78, 5) is 29.4. The summed E-state index contributed by atoms with van der Waals surface area (Å²) in [5, 5.41) is 10.8. The number of carbonyl (C=O) groups excluding carboxylic acids is 1. The Morgan fingerprint density at radius 2 is 2.28 bits per heavy atom. The molecular weight excluding hydrogens is 264 g/mol. The SMILES string of the molecule is COc1cc(Cl)nc(NC(=O)C(N)CC(=O)O)n1. The first kappa shape index (κ1) is 14.1. The number of anilines is 1. The molecule has 0 saturated carbocycles. The monoisotopic (exact) mass is 274 g/mol. The smallest absolute Gasteiger partial charge is 0.305 e. The van der Waals surface area contributed by atoms with Gasteiger partial charge in [-0.1, -0.05) is 11.6 Å². The second kappa shape index (κ2) is 6.12. The van der Waals surface area contributed by atoms with E-state index < -0.39 is 24.3 Å². The maximum Gasteiger partial charge on any atom is 0.305 e. The van der Waals surface area contributed by atoms with Crippen molar-refractivity contribution in [2.75, 3.05) is 12.4 Å². The van der Waals surface area contributed by atoms with Gasteiger partial charge < -0.3 is 15.6 Å². The van der Waals surface area contributed by atoms with Crippen LogP contribution in [0.5, 0.6) is 5.88 Å². The molecule has 1 aromatic rings. The maximum absolute atomic E-state index is 11.5. The van der Waals surface area contributed by atoms with Crippen molar-refractivity contribution < 1.29 is 19.4 Å². The largest absolute Gasteiger partial charge is 0.481 e. The number of carboxylic acid groups (broad SMARTS) is 1. The van der Waals surface area contributed by atoms with Crippen LogP contribution in [0.3, 0.4) is 0 Å². The predicted molar refractivity (Wildman–Crippen MR) is 62.5 cm³/mol. The van der Waals surface area contributed by atoms with Crippen LogP contribution < -0.4 is 15.8 Å². The Hall–Kier alpha value is -1.93. The fraction of sp³-hybridized carbons (Fsp3) is 0.333. The zero-order valence-electron chi connectivity index (χ0n) is 9.38. The summed E-state index contributed by atoms with van der Waals surface area (Å²) < 4.78 is 4.83. The number of rotatable bonds is 5. The zero-order chi connectivity index (χ0) is 13.7. The van der Waals surface area contributed by atoms with Crippen LogP contribution in [0.2, 0.25) is 5.15 Å². The molecule has 18 heavy (non-hydrogen) atoms. The summed E-state index contributed by atoms with van der Waals surface area (Å²) >= 11 is 5.67. The predicted octanol–water partition coefficient (Wildman–Crippen LogP) is -0.121. The van der Waals surface area contributed by atoms with Crippen LogP contribution in [0.15, 0.2) is 6.07 Å². The van der Waals surface area contributed by atoms with Gasteiger partial charge in [0.25, 0.3) is 0 Å². The highest BCUT2D eigenvalue weighted by Gasteiger charge is 2.18. The second-order valence-corrected chi connectivity index (χ2v) is 3.64. The molecule has 98 valence electrons. The van der Waals surface area contributed by atoms with Gasteiger partial charge in [0.05, 0.1) is 19.6 Å². The molecule has 1 amide bonds. The van der Waals surface area contributed by atoms with E-state index >= 15 is 0 Å². The van der Waals surface area contributed by atoms with Gasteiger partial charge in [-0.2, -0.15) is 4.98 Å². The van der Waals surface area contributed by atoms with Crippen LogP contribution in [-0.2, 0) is 9.59 Å². The van der Waals surface area contributed by atoms with Crippen molar-refractivity contribution in [2.45, 2.75) is 12.5 Å². The molecule has 0 spiro atoms. The first-order chi connectivity index (χ1) is 8.42. The highest BCUT2D eigenvalue weighted by Crippen LogP contribution is 2.15. The van der Waals surface area contributed by atoms with Gasteiger partial charge in [-0.3, -0.25) is 14.9 Å². The first-order valence-corrected chi connectivity index (χ1v) is 5.17. The van der Waals surface area contributed by atoms with Crippen molar-refractivity contribution >= 4 is 29.4 Å². The average molecular weight is 275 g/mol. The van der Waals surface area contributed by atoms with Crippen molar-refractivity contribution in [3.8, 4) is 5.88 Å². The van der Waals surface area contributed by atoms with Crippen LogP contribution in [0, 0.1) is 0 Å². The number of aromatic nitrogens is 2. The molecule has 1 unspecified atom stereocenters. The number of hydrogen-bond acceptors (Lipinski definition) is 6. The Balaban J connectivity index is 2.75. The lowest BCUT2D eigenvalue weighted by molar-refractivity contribution is -0.138. The molecular formula is C9H11ClN4O4. The molecule has 9 heteroatoms. The highest BCUT2D eigenvalue weighted by atomic mass is 35.5. The van der Waals surface area contributed by atoms with E-state index in [-0.39, 0.29) is 17.0 Å². The van der Waals surface area contributed by atoms with Gasteiger partial charge in [-0.05, 0) is 0 Å². The lowest BCUT2D eigenvalue weighted by Gasteiger charge is -2.09. The fourth-order valence-electron chi connectivity index (χ4n) is 1.04. The normalized spacial score (nSPS) is 11.7. The van der Waals surface area contributed by atoms with Gasteiger partial charge in [0.2, 0.25) is 17.7 Å². The van der Waals surface area contributed by atoms with Crippen molar-refractivity contribution in [3.05, 3.63) is 11.2 Å². The molecule has 0 aliphatic heterocycles. The topological polar surface area (TPSA) is 127 Å². The number of nitrogens with two attached hydrogens (primary N) is 1. The Labute approximate surface area is 107 Å². The van der Waals surface area contributed by atoms with E-state index in [1.807, 2.05) is 0 Å². The molecule has 0 radical (unpaired) electrons. The lowest BCUT2D eigenvalue weighted by atomic mass is 10.2. The van der Waals surface area contributed by atoms with E-state index in [1.165, 1.54) is 13.2 Å². The molecule has 0 aliphatic carbocycles. The molecule has 0 fully saturated rings. The third-order valence-corrected chi connectivity index (χ3v) is 2.04. The molecule has 0 saturated heterocycles. The minimum Gasteiger partial charge on any atom is -0.481 e. The van der Waals surface area contributed by atoms with Crippen molar-refractivity contribution in [1.82, 2.24) is 9.97 Å². The third-order valence-electron chi connectivity index (χ3n) is 1.85. The van der Waals surface area contributed by atoms with Crippen molar-refractivity contribution in [1.29, 1.82) is 0 Å². The number of amides is 1. The number of ether oxygens (including phenoxy) is 1. The van der Waals surface area contributed by atoms with E-state index in [4.69, 9.17) is 27.2 Å². The Morgan fingerprint density at radius 3 is 2.83 bits per heavy atom. The third kappa shape index (κ3) is 4.15. The summed E-state index contributed by atoms with van der Waals surface area (Å²) in [6.07, 6.45) is -0.496. The van der Waals surface area contributed by atoms with E-state index in [1.54, 1.807) is 0 Å². The van der Waals surface area contributed by atoms with Gasteiger partial charge in [-0.15, -0.1) is 0 Å². The number of halogens is 1. The highest BCUT2D eigenvalue weighted by molar-refractivity contribution is 6.29. The van der Waals surface area contributed by atoms with Crippen LogP contribution >= 0.6 is 11.6 Å². The summed E-state index contributed by atoms with van der Waals surface area (Å²) in [5.41, 5.74) is 5.36. The van der Waals surface area contributed by atoms with E-state index in [0.717, 1.165) is 0 Å². The number of carbonyl (C=O) groups is 2. The minimum atomic E-state index is -1.20. The number of aliphatic carboxylic acids is 1. The van der Waals surface area contributed by atoms with Gasteiger partial charge in [-0.25, -0.2) is 4.98 Å². The van der Waals surface area contributed by atoms with Gasteiger partial charge in [0, 0.05) is 6.07 Å². The van der Waals surface area contributed by atoms with E-state index in [9.17, 15) is 9.59 Å². The van der Waals surface area contributed by atoms with Gasteiger partial charge in [0.15, 0.2) is 0 Å². The minimum absolute atomic E-state index is 0.0731. The average Bonchev–Trinajstić information content (AvgIpc) is 2.27. The molecule has 1 atom stereocenters. The van der Waals surface area contributed by atoms with Crippen molar-refractivity contribution in [2.24, 2.45) is 5.73 Å². The van der Waals surface area contributed by atoms with Crippen molar-refractivity contribution in [3.63, 3.8) is 0 Å². The van der Waals surface area contributed by atoms with E-state index in [2.05, 4.69) is 15.3 Å². The lowest BCUT2D eigenvalue weighted by Crippen LogP contribution is -2.37. The molecule has 0 bridgehead atoms. The second-order valence-electron chi connectivity index (χ2n) is 3.25. The standard InChI is InChI=1S/C9H11ClN4O4/c1-18-6-3-5(10)12-9(13-6)14-8(17)4(11)2-7(15)16/h3-4H,2,11H2,1H3,(H,15,16)(H,12,13,14,17). The maximum atomic E-state index is 11.5. The fourth-order valence-corrected chi connectivity index (χ4v) is 1.21. The Morgan fingerprint density at radius 1 is 1.61 bits per heavy atom. The molecule has 0 aliphatic rings. The summed E-state index contributed by atoms with van der Waals surface area (Å²) in [6.45, 7) is 0. The van der Waals surface area contributed by atoms with Crippen LogP contribution in [-0.4, -0.2) is 40.1 Å². The molecule has 4 N–H and O–H groups in total. The molecule has 1 aromatic heterocycles. The number of nitrogens with one attached hydrogen (secondary N) is 1. The number of methoxy groups -OCH3 is 1. The number of carboxylic acids is 1.